The van der Waals surface area contributed by atoms with Crippen LogP contribution in [0.1, 0.15) is 32.1 Å². The highest BCUT2D eigenvalue weighted by Crippen LogP contribution is 2.43. The summed E-state index contributed by atoms with van der Waals surface area (Å²) in [5.74, 6) is 2.99. The standard InChI is InChI=1S/C21H25N7/c1-23-18-19(22)27-21(25-15-6-7-16-14(11-15)8-9-24-16)28-20(18)26-17-10-12-2-4-13(17)5-3-12/h6-9,11-13,17,24H,1-5,10H2,(H4,22,25,26,27,28). The highest BCUT2D eigenvalue weighted by atomic mass is 15.2. The van der Waals surface area contributed by atoms with Crippen LogP contribution < -0.4 is 16.4 Å². The van der Waals surface area contributed by atoms with Crippen LogP contribution in [0.25, 0.3) is 10.9 Å². The Morgan fingerprint density at radius 1 is 1.14 bits per heavy atom. The van der Waals surface area contributed by atoms with Gasteiger partial charge in [0, 0.05) is 28.8 Å². The number of hydrogen-bond donors (Lipinski definition) is 4. The maximum Gasteiger partial charge on any atom is 0.231 e. The second-order valence-corrected chi connectivity index (χ2v) is 7.96. The molecule has 6 rings (SSSR count). The molecule has 3 aliphatic rings. The number of nitrogens with one attached hydrogen (secondary N) is 3. The lowest BCUT2D eigenvalue weighted by Gasteiger charge is -2.42. The van der Waals surface area contributed by atoms with E-state index in [1.54, 1.807) is 0 Å². The molecule has 1 unspecified atom stereocenters. The maximum absolute atomic E-state index is 6.17. The number of hydrogen-bond acceptors (Lipinski definition) is 6. The lowest BCUT2D eigenvalue weighted by atomic mass is 9.68. The average Bonchev–Trinajstić information content (AvgIpc) is 3.17. The van der Waals surface area contributed by atoms with Crippen molar-refractivity contribution in [1.82, 2.24) is 15.0 Å². The van der Waals surface area contributed by atoms with Gasteiger partial charge in [-0.05, 0) is 62.1 Å². The SMILES string of the molecule is C=Nc1c(N)nc(Nc2ccc3[nH]ccc3c2)nc1NC1CC2CCC1CC2. The Bertz CT molecular complexity index is 1020. The van der Waals surface area contributed by atoms with E-state index < -0.39 is 0 Å². The van der Waals surface area contributed by atoms with Crippen molar-refractivity contribution < 1.29 is 0 Å². The van der Waals surface area contributed by atoms with Gasteiger partial charge in [-0.3, -0.25) is 4.99 Å². The van der Waals surface area contributed by atoms with Gasteiger partial charge in [0.2, 0.25) is 5.95 Å². The molecule has 144 valence electrons. The number of nitrogens with two attached hydrogens (primary N) is 1. The van der Waals surface area contributed by atoms with E-state index in [1.165, 1.54) is 32.1 Å². The minimum Gasteiger partial charge on any atom is -0.382 e. The second kappa shape index (κ2) is 6.82. The summed E-state index contributed by atoms with van der Waals surface area (Å²) in [5, 5.41) is 8.01. The molecule has 2 aromatic heterocycles. The van der Waals surface area contributed by atoms with Gasteiger partial charge in [-0.15, -0.1) is 0 Å². The number of aromatic nitrogens is 3. The van der Waals surface area contributed by atoms with E-state index in [0.717, 1.165) is 22.5 Å². The fraction of sp³-hybridized carbons (Fsp3) is 0.381. The van der Waals surface area contributed by atoms with Gasteiger partial charge >= 0.3 is 0 Å². The number of fused-ring (bicyclic) bond motifs is 4. The van der Waals surface area contributed by atoms with Gasteiger partial charge in [0.1, 0.15) is 5.69 Å². The third-order valence-corrected chi connectivity index (χ3v) is 6.25. The number of rotatable bonds is 5. The van der Waals surface area contributed by atoms with Crippen molar-refractivity contribution >= 4 is 46.6 Å². The third kappa shape index (κ3) is 3.06. The van der Waals surface area contributed by atoms with Crippen molar-refractivity contribution in [2.24, 2.45) is 16.8 Å². The first-order valence-corrected chi connectivity index (χ1v) is 9.94. The summed E-state index contributed by atoms with van der Waals surface area (Å²) in [6.45, 7) is 3.66. The number of aromatic amines is 1. The van der Waals surface area contributed by atoms with Crippen LogP contribution in [0.15, 0.2) is 35.5 Å². The van der Waals surface area contributed by atoms with E-state index in [2.05, 4.69) is 38.4 Å². The summed E-state index contributed by atoms with van der Waals surface area (Å²) < 4.78 is 0. The van der Waals surface area contributed by atoms with Crippen molar-refractivity contribution in [3.63, 3.8) is 0 Å². The molecule has 0 amide bonds. The molecule has 7 heteroatoms. The topological polar surface area (TPSA) is 104 Å². The molecule has 1 atom stereocenters. The molecule has 3 aromatic rings. The summed E-state index contributed by atoms with van der Waals surface area (Å²) >= 11 is 0. The highest BCUT2D eigenvalue weighted by molar-refractivity contribution is 5.84. The highest BCUT2D eigenvalue weighted by Gasteiger charge is 2.36. The molecule has 0 spiro atoms. The molecule has 1 aromatic carbocycles. The summed E-state index contributed by atoms with van der Waals surface area (Å²) in [7, 11) is 0. The molecule has 2 heterocycles. The van der Waals surface area contributed by atoms with E-state index in [4.69, 9.17) is 10.7 Å². The molecule has 0 aliphatic heterocycles. The predicted molar refractivity (Wildman–Crippen MR) is 115 cm³/mol. The van der Waals surface area contributed by atoms with Crippen molar-refractivity contribution in [1.29, 1.82) is 0 Å². The smallest absolute Gasteiger partial charge is 0.231 e. The first kappa shape index (κ1) is 17.0. The van der Waals surface area contributed by atoms with Gasteiger partial charge in [-0.25, -0.2) is 0 Å². The van der Waals surface area contributed by atoms with Gasteiger partial charge in [0.15, 0.2) is 11.6 Å². The zero-order valence-corrected chi connectivity index (χ0v) is 15.8. The van der Waals surface area contributed by atoms with Crippen molar-refractivity contribution in [2.75, 3.05) is 16.4 Å². The molecule has 3 fully saturated rings. The molecule has 2 bridgehead atoms. The number of aliphatic imine (C=N–C) groups is 1. The van der Waals surface area contributed by atoms with Crippen LogP contribution in [0.2, 0.25) is 0 Å². The third-order valence-electron chi connectivity index (χ3n) is 6.25. The van der Waals surface area contributed by atoms with E-state index >= 15 is 0 Å². The molecule has 3 saturated carbocycles. The molecule has 28 heavy (non-hydrogen) atoms. The van der Waals surface area contributed by atoms with Gasteiger partial charge < -0.3 is 21.4 Å². The summed E-state index contributed by atoms with van der Waals surface area (Å²) in [5.41, 5.74) is 8.71. The van der Waals surface area contributed by atoms with Crippen LogP contribution >= 0.6 is 0 Å². The van der Waals surface area contributed by atoms with Gasteiger partial charge in [0.05, 0.1) is 0 Å². The number of benzene rings is 1. The van der Waals surface area contributed by atoms with Gasteiger partial charge in [-0.2, -0.15) is 9.97 Å². The van der Waals surface area contributed by atoms with E-state index in [1.807, 2.05) is 24.4 Å². The molecule has 3 aliphatic carbocycles. The van der Waals surface area contributed by atoms with Crippen LogP contribution in [0, 0.1) is 11.8 Å². The Morgan fingerprint density at radius 3 is 2.75 bits per heavy atom. The van der Waals surface area contributed by atoms with Crippen LogP contribution in [-0.4, -0.2) is 27.7 Å². The van der Waals surface area contributed by atoms with Crippen molar-refractivity contribution in [3.05, 3.63) is 30.5 Å². The lowest BCUT2D eigenvalue weighted by molar-refractivity contribution is 0.157. The first-order chi connectivity index (χ1) is 13.7. The minimum atomic E-state index is 0.332. The Balaban J connectivity index is 1.43. The summed E-state index contributed by atoms with van der Waals surface area (Å²) in [6.07, 6.45) is 8.42. The maximum atomic E-state index is 6.17. The molecule has 7 nitrogen and oxygen atoms in total. The van der Waals surface area contributed by atoms with Crippen LogP contribution in [0.5, 0.6) is 0 Å². The minimum absolute atomic E-state index is 0.332. The first-order valence-electron chi connectivity index (χ1n) is 9.94. The fourth-order valence-electron chi connectivity index (χ4n) is 4.78. The Morgan fingerprint density at radius 2 is 2.00 bits per heavy atom. The number of anilines is 4. The number of nitrogen functional groups attached to an aromatic ring is 1. The predicted octanol–water partition coefficient (Wildman–Crippen LogP) is 4.61. The van der Waals surface area contributed by atoms with Crippen molar-refractivity contribution in [2.45, 2.75) is 38.1 Å². The van der Waals surface area contributed by atoms with E-state index in [0.29, 0.717) is 35.2 Å². The van der Waals surface area contributed by atoms with Crippen LogP contribution in [0.3, 0.4) is 0 Å². The fourth-order valence-corrected chi connectivity index (χ4v) is 4.78. The molecule has 0 saturated heterocycles. The molecular weight excluding hydrogens is 350 g/mol. The monoisotopic (exact) mass is 375 g/mol. The van der Waals surface area contributed by atoms with Crippen molar-refractivity contribution in [3.8, 4) is 0 Å². The number of H-pyrrole nitrogens is 1. The average molecular weight is 375 g/mol. The quantitative estimate of drug-likeness (QED) is 0.488. The molecule has 0 radical (unpaired) electrons. The Hall–Kier alpha value is -3.09. The van der Waals surface area contributed by atoms with E-state index in [-0.39, 0.29) is 0 Å². The normalized spacial score (nSPS) is 23.6. The summed E-state index contributed by atoms with van der Waals surface area (Å²) in [4.78, 5) is 16.4. The van der Waals surface area contributed by atoms with E-state index in [9.17, 15) is 0 Å². The Kier molecular flexibility index (Phi) is 4.15. The van der Waals surface area contributed by atoms with Crippen LogP contribution in [-0.2, 0) is 0 Å². The zero-order chi connectivity index (χ0) is 19.1. The second-order valence-electron chi connectivity index (χ2n) is 7.96. The van der Waals surface area contributed by atoms with Gasteiger partial charge in [-0.1, -0.05) is 12.8 Å². The summed E-state index contributed by atoms with van der Waals surface area (Å²) in [6, 6.07) is 8.53. The molecule has 5 N–H and O–H groups in total. The zero-order valence-electron chi connectivity index (χ0n) is 15.8. The van der Waals surface area contributed by atoms with Crippen LogP contribution in [0.4, 0.5) is 29.0 Å². The molecular formula is C21H25N7. The Labute approximate surface area is 163 Å². The largest absolute Gasteiger partial charge is 0.382 e. The van der Waals surface area contributed by atoms with Gasteiger partial charge in [0.25, 0.3) is 0 Å². The lowest BCUT2D eigenvalue weighted by Crippen LogP contribution is -2.40. The number of nitrogens with zero attached hydrogens (tertiary/aromatic N) is 3.